The first-order chi connectivity index (χ1) is 7.63. The van der Waals surface area contributed by atoms with Gasteiger partial charge in [-0.2, -0.15) is 0 Å². The van der Waals surface area contributed by atoms with Crippen LogP contribution in [0.2, 0.25) is 5.02 Å². The number of aliphatic hydroxyl groups excluding tert-OH is 1. The number of hydrogen-bond acceptors (Lipinski definition) is 1. The molecule has 1 N–H and O–H groups in total. The highest BCUT2D eigenvalue weighted by Gasteiger charge is 2.08. The lowest BCUT2D eigenvalue weighted by atomic mass is 10.0. The second kappa shape index (κ2) is 6.52. The molecule has 0 amide bonds. The number of halogens is 2. The molecule has 0 saturated carbocycles. The Labute approximate surface area is 100 Å². The van der Waals surface area contributed by atoms with Gasteiger partial charge in [0.25, 0.3) is 0 Å². The van der Waals surface area contributed by atoms with Crippen LogP contribution in [0.1, 0.15) is 24.8 Å². The summed E-state index contributed by atoms with van der Waals surface area (Å²) in [4.78, 5) is 0. The fourth-order valence-electron chi connectivity index (χ4n) is 1.48. The Kier molecular flexibility index (Phi) is 5.31. The van der Waals surface area contributed by atoms with Gasteiger partial charge in [0.1, 0.15) is 5.82 Å². The largest absolute Gasteiger partial charge is 0.393 e. The van der Waals surface area contributed by atoms with Gasteiger partial charge in [0, 0.05) is 11.4 Å². The molecular weight excluding hydrogens is 227 g/mol. The summed E-state index contributed by atoms with van der Waals surface area (Å²) in [5, 5.41) is 10.1. The van der Waals surface area contributed by atoms with Crippen molar-refractivity contribution < 1.29 is 9.50 Å². The molecule has 0 saturated heterocycles. The van der Waals surface area contributed by atoms with Crippen LogP contribution in [-0.4, -0.2) is 11.2 Å². The van der Waals surface area contributed by atoms with Gasteiger partial charge in [0.05, 0.1) is 6.10 Å². The van der Waals surface area contributed by atoms with Gasteiger partial charge in [-0.25, -0.2) is 4.39 Å². The Morgan fingerprint density at radius 1 is 1.50 bits per heavy atom. The summed E-state index contributed by atoms with van der Waals surface area (Å²) in [6.07, 6.45) is 7.16. The quantitative estimate of drug-likeness (QED) is 0.619. The Bertz CT molecular complexity index is 384. The highest BCUT2D eigenvalue weighted by molar-refractivity contribution is 6.31. The average molecular weight is 241 g/mol. The van der Waals surface area contributed by atoms with E-state index in [2.05, 4.69) is 5.92 Å². The topological polar surface area (TPSA) is 20.2 Å². The van der Waals surface area contributed by atoms with Crippen LogP contribution in [0.25, 0.3) is 0 Å². The van der Waals surface area contributed by atoms with Gasteiger partial charge < -0.3 is 5.11 Å². The van der Waals surface area contributed by atoms with Gasteiger partial charge in [0.15, 0.2) is 0 Å². The van der Waals surface area contributed by atoms with E-state index in [-0.39, 0.29) is 5.82 Å². The van der Waals surface area contributed by atoms with Crippen LogP contribution in [0.15, 0.2) is 18.2 Å². The molecule has 0 heterocycles. The molecule has 0 fully saturated rings. The maximum atomic E-state index is 12.8. The summed E-state index contributed by atoms with van der Waals surface area (Å²) in [6, 6.07) is 4.20. The molecule has 16 heavy (non-hydrogen) atoms. The summed E-state index contributed by atoms with van der Waals surface area (Å²) in [6.45, 7) is 0. The molecule has 3 heteroatoms. The van der Waals surface area contributed by atoms with Crippen molar-refractivity contribution >= 4 is 11.6 Å². The molecule has 86 valence electrons. The zero-order valence-corrected chi connectivity index (χ0v) is 9.67. The van der Waals surface area contributed by atoms with E-state index in [1.54, 1.807) is 6.07 Å². The lowest BCUT2D eigenvalue weighted by Crippen LogP contribution is -2.10. The van der Waals surface area contributed by atoms with Crippen LogP contribution < -0.4 is 0 Å². The van der Waals surface area contributed by atoms with E-state index in [4.69, 9.17) is 18.0 Å². The fourth-order valence-corrected chi connectivity index (χ4v) is 1.73. The Morgan fingerprint density at radius 2 is 2.25 bits per heavy atom. The fraction of sp³-hybridized carbons (Fsp3) is 0.385. The molecule has 0 aliphatic rings. The maximum Gasteiger partial charge on any atom is 0.124 e. The van der Waals surface area contributed by atoms with Crippen molar-refractivity contribution in [2.24, 2.45) is 0 Å². The first-order valence-corrected chi connectivity index (χ1v) is 5.56. The normalized spacial score (nSPS) is 12.1. The molecule has 0 spiro atoms. The van der Waals surface area contributed by atoms with E-state index < -0.39 is 6.10 Å². The van der Waals surface area contributed by atoms with Crippen LogP contribution in [0, 0.1) is 18.2 Å². The van der Waals surface area contributed by atoms with Crippen molar-refractivity contribution in [2.45, 2.75) is 31.8 Å². The van der Waals surface area contributed by atoms with Crippen LogP contribution in [0.4, 0.5) is 4.39 Å². The Morgan fingerprint density at radius 3 is 2.88 bits per heavy atom. The lowest BCUT2D eigenvalue weighted by molar-refractivity contribution is 0.162. The molecule has 1 aromatic rings. The number of terminal acetylenes is 1. The van der Waals surface area contributed by atoms with Crippen LogP contribution >= 0.6 is 11.6 Å². The van der Waals surface area contributed by atoms with Gasteiger partial charge in [-0.05, 0) is 37.0 Å². The van der Waals surface area contributed by atoms with Crippen LogP contribution in [0.3, 0.4) is 0 Å². The molecule has 1 nitrogen and oxygen atoms in total. The van der Waals surface area contributed by atoms with E-state index in [0.29, 0.717) is 24.3 Å². The molecule has 0 aliphatic carbocycles. The van der Waals surface area contributed by atoms with E-state index in [1.807, 2.05) is 0 Å². The first kappa shape index (κ1) is 13.0. The zero-order chi connectivity index (χ0) is 12.0. The minimum Gasteiger partial charge on any atom is -0.393 e. The zero-order valence-electron chi connectivity index (χ0n) is 8.92. The average Bonchev–Trinajstić information content (AvgIpc) is 2.23. The molecule has 1 aromatic carbocycles. The summed E-state index contributed by atoms with van der Waals surface area (Å²) >= 11 is 5.85. The molecule has 0 radical (unpaired) electrons. The van der Waals surface area contributed by atoms with Crippen molar-refractivity contribution in [3.63, 3.8) is 0 Å². The Hall–Kier alpha value is -1.04. The maximum absolute atomic E-state index is 12.8. The van der Waals surface area contributed by atoms with Crippen molar-refractivity contribution in [3.05, 3.63) is 34.6 Å². The number of unbranched alkanes of at least 4 members (excludes halogenated alkanes) is 1. The second-order valence-electron chi connectivity index (χ2n) is 3.69. The monoisotopic (exact) mass is 240 g/mol. The molecular formula is C13H14ClFO. The molecule has 0 aromatic heterocycles. The van der Waals surface area contributed by atoms with Crippen molar-refractivity contribution in [1.29, 1.82) is 0 Å². The molecule has 1 rings (SSSR count). The van der Waals surface area contributed by atoms with E-state index >= 15 is 0 Å². The Balaban J connectivity index is 2.50. The summed E-state index contributed by atoms with van der Waals surface area (Å²) < 4.78 is 12.8. The summed E-state index contributed by atoms with van der Waals surface area (Å²) in [5.41, 5.74) is 0.760. The van der Waals surface area contributed by atoms with Crippen molar-refractivity contribution in [1.82, 2.24) is 0 Å². The third-order valence-electron chi connectivity index (χ3n) is 2.33. The van der Waals surface area contributed by atoms with E-state index in [1.165, 1.54) is 12.1 Å². The van der Waals surface area contributed by atoms with Crippen LogP contribution in [0.5, 0.6) is 0 Å². The number of rotatable bonds is 5. The molecule has 1 atom stereocenters. The van der Waals surface area contributed by atoms with Crippen molar-refractivity contribution in [3.8, 4) is 12.3 Å². The highest BCUT2D eigenvalue weighted by Crippen LogP contribution is 2.19. The lowest BCUT2D eigenvalue weighted by Gasteiger charge is -2.10. The van der Waals surface area contributed by atoms with Crippen molar-refractivity contribution in [2.75, 3.05) is 0 Å². The second-order valence-corrected chi connectivity index (χ2v) is 4.10. The predicted molar refractivity (Wildman–Crippen MR) is 63.8 cm³/mol. The molecule has 0 aliphatic heterocycles. The summed E-state index contributed by atoms with van der Waals surface area (Å²) in [5.74, 6) is 2.15. The van der Waals surface area contributed by atoms with Crippen LogP contribution in [-0.2, 0) is 6.42 Å². The minimum atomic E-state index is -0.476. The highest BCUT2D eigenvalue weighted by atomic mass is 35.5. The number of hydrogen-bond donors (Lipinski definition) is 1. The predicted octanol–water partition coefficient (Wildman–Crippen LogP) is 3.19. The standard InChI is InChI=1S/C13H14ClFO/c1-2-3-4-5-12(16)8-10-6-7-11(15)9-13(10)14/h1,6-7,9,12,16H,3-5,8H2. The number of aliphatic hydroxyl groups is 1. The van der Waals surface area contributed by atoms with Gasteiger partial charge in [-0.3, -0.25) is 0 Å². The third-order valence-corrected chi connectivity index (χ3v) is 2.68. The molecule has 0 bridgehead atoms. The van der Waals surface area contributed by atoms with Gasteiger partial charge in [-0.1, -0.05) is 17.7 Å². The third kappa shape index (κ3) is 4.22. The smallest absolute Gasteiger partial charge is 0.124 e. The van der Waals surface area contributed by atoms with E-state index in [0.717, 1.165) is 12.0 Å². The first-order valence-electron chi connectivity index (χ1n) is 5.19. The van der Waals surface area contributed by atoms with Gasteiger partial charge in [0.2, 0.25) is 0 Å². The number of benzene rings is 1. The molecule has 1 unspecified atom stereocenters. The van der Waals surface area contributed by atoms with Gasteiger partial charge >= 0.3 is 0 Å². The van der Waals surface area contributed by atoms with Gasteiger partial charge in [-0.15, -0.1) is 12.3 Å². The summed E-state index contributed by atoms with van der Waals surface area (Å²) in [7, 11) is 0. The minimum absolute atomic E-state index is 0.357. The van der Waals surface area contributed by atoms with E-state index in [9.17, 15) is 9.50 Å². The SMILES string of the molecule is C#CCCCC(O)Cc1ccc(F)cc1Cl.